The topological polar surface area (TPSA) is 130 Å². The Morgan fingerprint density at radius 1 is 1.14 bits per heavy atom. The van der Waals surface area contributed by atoms with Crippen LogP contribution in [-0.2, 0) is 10.0 Å². The molecule has 0 saturated carbocycles. The highest BCUT2D eigenvalue weighted by atomic mass is 35.5. The van der Waals surface area contributed by atoms with Gasteiger partial charge in [-0.3, -0.25) is 14.1 Å². The monoisotopic (exact) mass is 434 g/mol. The van der Waals surface area contributed by atoms with Gasteiger partial charge in [-0.15, -0.1) is 0 Å². The summed E-state index contributed by atoms with van der Waals surface area (Å²) in [5.41, 5.74) is 0.341. The minimum Gasteiger partial charge on any atom is -0.477 e. The number of aromatic carboxylic acids is 1. The van der Waals surface area contributed by atoms with Gasteiger partial charge in [0.25, 0.3) is 5.91 Å². The van der Waals surface area contributed by atoms with Crippen LogP contribution in [0.5, 0.6) is 0 Å². The number of sulfonamides is 1. The molecule has 0 spiro atoms. The Balaban J connectivity index is 1.91. The summed E-state index contributed by atoms with van der Waals surface area (Å²) in [6.07, 6.45) is 3.84. The van der Waals surface area contributed by atoms with Crippen LogP contribution >= 0.6 is 11.6 Å². The highest BCUT2D eigenvalue weighted by Crippen LogP contribution is 2.24. The van der Waals surface area contributed by atoms with E-state index in [1.807, 2.05) is 0 Å². The number of hydrogen-bond acceptors (Lipinski definition) is 5. The zero-order valence-electron chi connectivity index (χ0n) is 15.0. The molecule has 1 aromatic carbocycles. The van der Waals surface area contributed by atoms with Crippen LogP contribution in [0.25, 0.3) is 5.82 Å². The van der Waals surface area contributed by atoms with Crippen molar-refractivity contribution in [1.82, 2.24) is 9.55 Å². The highest BCUT2D eigenvalue weighted by Gasteiger charge is 2.19. The lowest BCUT2D eigenvalue weighted by molar-refractivity contribution is 0.0688. The van der Waals surface area contributed by atoms with Crippen molar-refractivity contribution in [3.8, 4) is 5.82 Å². The number of carbonyl (C=O) groups excluding carboxylic acids is 1. The van der Waals surface area contributed by atoms with Crippen molar-refractivity contribution < 1.29 is 23.1 Å². The number of pyridine rings is 1. The van der Waals surface area contributed by atoms with Crippen molar-refractivity contribution in [2.45, 2.75) is 0 Å². The first kappa shape index (κ1) is 20.4. The van der Waals surface area contributed by atoms with Crippen LogP contribution in [0.4, 0.5) is 11.4 Å². The molecule has 2 aromatic heterocycles. The van der Waals surface area contributed by atoms with Crippen molar-refractivity contribution in [3.05, 3.63) is 71.1 Å². The summed E-state index contributed by atoms with van der Waals surface area (Å²) in [5, 5.41) is 12.2. The van der Waals surface area contributed by atoms with Crippen molar-refractivity contribution in [1.29, 1.82) is 0 Å². The molecule has 0 saturated heterocycles. The van der Waals surface area contributed by atoms with Crippen LogP contribution in [0.2, 0.25) is 5.02 Å². The largest absolute Gasteiger partial charge is 0.477 e. The molecule has 0 aliphatic rings. The molecule has 0 aliphatic carbocycles. The van der Waals surface area contributed by atoms with Crippen LogP contribution < -0.4 is 10.0 Å². The molecule has 9 nitrogen and oxygen atoms in total. The molecule has 2 heterocycles. The second-order valence-electron chi connectivity index (χ2n) is 6.03. The molecule has 0 bridgehead atoms. The molecule has 11 heteroatoms. The van der Waals surface area contributed by atoms with Crippen LogP contribution in [0, 0.1) is 0 Å². The summed E-state index contributed by atoms with van der Waals surface area (Å²) in [7, 11) is -3.53. The van der Waals surface area contributed by atoms with E-state index in [9.17, 15) is 23.1 Å². The van der Waals surface area contributed by atoms with Gasteiger partial charge in [0.2, 0.25) is 10.0 Å². The average molecular weight is 435 g/mol. The normalized spacial score (nSPS) is 11.1. The number of benzene rings is 1. The van der Waals surface area contributed by atoms with E-state index in [1.165, 1.54) is 41.2 Å². The Labute approximate surface area is 171 Å². The lowest BCUT2D eigenvalue weighted by atomic mass is 10.2. The number of anilines is 2. The maximum atomic E-state index is 12.6. The minimum absolute atomic E-state index is 0.0747. The third kappa shape index (κ3) is 5.12. The molecular formula is C18H15ClN4O5S. The summed E-state index contributed by atoms with van der Waals surface area (Å²) in [6.45, 7) is 0. The van der Waals surface area contributed by atoms with Crippen molar-refractivity contribution in [2.75, 3.05) is 16.3 Å². The predicted octanol–water partition coefficient (Wildman–Crippen LogP) is 2.85. The molecule has 3 N–H and O–H groups in total. The molecule has 29 heavy (non-hydrogen) atoms. The van der Waals surface area contributed by atoms with E-state index < -0.39 is 21.9 Å². The van der Waals surface area contributed by atoms with Gasteiger partial charge in [0, 0.05) is 23.1 Å². The standard InChI is InChI=1S/C18H15ClN4O5S/c1-29(27,28)22-14-8-12(19)7-13(9-14)21-17(24)11-6-15(18(25)26)23(10-11)16-4-2-3-5-20-16/h2-10,22H,1H3,(H,21,24)(H,25,26). The summed E-state index contributed by atoms with van der Waals surface area (Å²) in [6, 6.07) is 10.4. The zero-order chi connectivity index (χ0) is 21.2. The van der Waals surface area contributed by atoms with E-state index >= 15 is 0 Å². The number of rotatable bonds is 6. The van der Waals surface area contributed by atoms with Crippen LogP contribution in [0.3, 0.4) is 0 Å². The van der Waals surface area contributed by atoms with Crippen molar-refractivity contribution in [2.24, 2.45) is 0 Å². The summed E-state index contributed by atoms with van der Waals surface area (Å²) in [4.78, 5) is 28.3. The van der Waals surface area contributed by atoms with E-state index in [0.29, 0.717) is 5.82 Å². The summed E-state index contributed by atoms with van der Waals surface area (Å²) < 4.78 is 26.4. The Bertz CT molecular complexity index is 1190. The van der Waals surface area contributed by atoms with E-state index in [0.717, 1.165) is 6.26 Å². The first-order valence-electron chi connectivity index (χ1n) is 8.09. The number of nitrogens with zero attached hydrogens (tertiary/aromatic N) is 2. The van der Waals surface area contributed by atoms with Gasteiger partial charge < -0.3 is 10.4 Å². The van der Waals surface area contributed by atoms with E-state index in [1.54, 1.807) is 18.2 Å². The number of hydrogen-bond donors (Lipinski definition) is 3. The molecule has 0 fully saturated rings. The van der Waals surface area contributed by atoms with Crippen LogP contribution in [-0.4, -0.2) is 41.2 Å². The zero-order valence-corrected chi connectivity index (χ0v) is 16.5. The molecule has 0 atom stereocenters. The second-order valence-corrected chi connectivity index (χ2v) is 8.22. The fraction of sp³-hybridized carbons (Fsp3) is 0.0556. The third-order valence-electron chi connectivity index (χ3n) is 3.66. The molecule has 3 aromatic rings. The number of halogens is 1. The first-order chi connectivity index (χ1) is 13.6. The maximum Gasteiger partial charge on any atom is 0.352 e. The molecule has 3 rings (SSSR count). The Kier molecular flexibility index (Phi) is 5.57. The lowest BCUT2D eigenvalue weighted by Gasteiger charge is -2.09. The molecule has 0 unspecified atom stereocenters. The fourth-order valence-corrected chi connectivity index (χ4v) is 3.36. The number of carboxylic acid groups (broad SMARTS) is 1. The predicted molar refractivity (Wildman–Crippen MR) is 108 cm³/mol. The van der Waals surface area contributed by atoms with E-state index in [4.69, 9.17) is 11.6 Å². The molecule has 1 amide bonds. The Morgan fingerprint density at radius 2 is 1.86 bits per heavy atom. The Morgan fingerprint density at radius 3 is 2.48 bits per heavy atom. The van der Waals surface area contributed by atoms with Gasteiger partial charge >= 0.3 is 5.97 Å². The average Bonchev–Trinajstić information content (AvgIpc) is 3.06. The van der Waals surface area contributed by atoms with Gasteiger partial charge in [0.1, 0.15) is 11.5 Å². The molecule has 0 radical (unpaired) electrons. The first-order valence-corrected chi connectivity index (χ1v) is 10.4. The van der Waals surface area contributed by atoms with Crippen molar-refractivity contribution in [3.63, 3.8) is 0 Å². The van der Waals surface area contributed by atoms with E-state index in [-0.39, 0.29) is 27.7 Å². The maximum absolute atomic E-state index is 12.6. The highest BCUT2D eigenvalue weighted by molar-refractivity contribution is 7.92. The quantitative estimate of drug-likeness (QED) is 0.546. The number of amides is 1. The van der Waals surface area contributed by atoms with Gasteiger partial charge in [0.05, 0.1) is 17.5 Å². The lowest BCUT2D eigenvalue weighted by Crippen LogP contribution is -2.13. The van der Waals surface area contributed by atoms with Crippen molar-refractivity contribution >= 4 is 44.9 Å². The summed E-state index contributed by atoms with van der Waals surface area (Å²) >= 11 is 5.98. The van der Waals surface area contributed by atoms with Gasteiger partial charge in [-0.05, 0) is 36.4 Å². The SMILES string of the molecule is CS(=O)(=O)Nc1cc(Cl)cc(NC(=O)c2cc(C(=O)O)n(-c3ccccn3)c2)c1. The number of nitrogens with one attached hydrogen (secondary N) is 2. The Hall–Kier alpha value is -3.37. The number of carboxylic acids is 1. The van der Waals surface area contributed by atoms with Gasteiger partial charge in [0.15, 0.2) is 0 Å². The van der Waals surface area contributed by atoms with Crippen LogP contribution in [0.15, 0.2) is 54.9 Å². The molecule has 0 aliphatic heterocycles. The van der Waals surface area contributed by atoms with E-state index in [2.05, 4.69) is 15.0 Å². The van der Waals surface area contributed by atoms with Gasteiger partial charge in [-0.25, -0.2) is 18.2 Å². The number of carbonyl (C=O) groups is 2. The van der Waals surface area contributed by atoms with Gasteiger partial charge in [-0.1, -0.05) is 17.7 Å². The fourth-order valence-electron chi connectivity index (χ4n) is 2.58. The second kappa shape index (κ2) is 7.94. The smallest absolute Gasteiger partial charge is 0.352 e. The molecular weight excluding hydrogens is 420 g/mol. The number of aromatic nitrogens is 2. The molecule has 150 valence electrons. The third-order valence-corrected chi connectivity index (χ3v) is 4.48. The minimum atomic E-state index is -3.53. The summed E-state index contributed by atoms with van der Waals surface area (Å²) in [5.74, 6) is -1.49. The van der Waals surface area contributed by atoms with Gasteiger partial charge in [-0.2, -0.15) is 0 Å². The van der Waals surface area contributed by atoms with Crippen LogP contribution in [0.1, 0.15) is 20.8 Å².